The lowest BCUT2D eigenvalue weighted by Gasteiger charge is -2.27. The number of alkyl halides is 2. The van der Waals surface area contributed by atoms with Crippen molar-refractivity contribution >= 4 is 23.2 Å². The monoisotopic (exact) mass is 469 g/mol. The summed E-state index contributed by atoms with van der Waals surface area (Å²) >= 11 is 0. The van der Waals surface area contributed by atoms with E-state index in [0.29, 0.717) is 11.3 Å². The number of benzene rings is 3. The molecule has 0 N–H and O–H groups in total. The molecule has 6 nitrogen and oxygen atoms in total. The predicted molar refractivity (Wildman–Crippen MR) is 116 cm³/mol. The van der Waals surface area contributed by atoms with E-state index in [1.165, 1.54) is 55.6 Å². The minimum absolute atomic E-state index is 0.138. The minimum Gasteiger partial charge on any atom is -0.497 e. The van der Waals surface area contributed by atoms with Crippen molar-refractivity contribution in [3.8, 4) is 11.5 Å². The van der Waals surface area contributed by atoms with E-state index in [4.69, 9.17) is 4.74 Å². The van der Waals surface area contributed by atoms with Crippen LogP contribution >= 0.6 is 0 Å². The van der Waals surface area contributed by atoms with Crippen LogP contribution < -0.4 is 14.4 Å². The first kappa shape index (κ1) is 23.0. The minimum atomic E-state index is -3.03. The van der Waals surface area contributed by atoms with Crippen molar-refractivity contribution in [1.82, 2.24) is 0 Å². The lowest BCUT2D eigenvalue weighted by atomic mass is 9.86. The van der Waals surface area contributed by atoms with Crippen LogP contribution in [0.4, 0.5) is 18.9 Å². The highest BCUT2D eigenvalue weighted by atomic mass is 19.3. The van der Waals surface area contributed by atoms with E-state index in [1.807, 2.05) is 0 Å². The van der Waals surface area contributed by atoms with Gasteiger partial charge in [0.25, 0.3) is 5.91 Å². The first-order valence-corrected chi connectivity index (χ1v) is 10.2. The Morgan fingerprint density at radius 3 is 2.03 bits per heavy atom. The van der Waals surface area contributed by atoms with Crippen LogP contribution in [0.15, 0.2) is 72.8 Å². The van der Waals surface area contributed by atoms with E-state index in [2.05, 4.69) is 4.74 Å². The average Bonchev–Trinajstić information content (AvgIpc) is 3.10. The maximum Gasteiger partial charge on any atom is 0.387 e. The van der Waals surface area contributed by atoms with Gasteiger partial charge in [-0.05, 0) is 66.2 Å². The molecule has 0 spiro atoms. The Kier molecular flexibility index (Phi) is 6.36. The Labute approximate surface area is 192 Å². The number of methoxy groups -OCH3 is 1. The van der Waals surface area contributed by atoms with Gasteiger partial charge in [0.15, 0.2) is 5.78 Å². The normalized spacial score (nSPS) is 17.9. The molecule has 1 amide bonds. The van der Waals surface area contributed by atoms with Crippen molar-refractivity contribution in [2.24, 2.45) is 5.92 Å². The summed E-state index contributed by atoms with van der Waals surface area (Å²) in [6, 6.07) is 15.2. The SMILES string of the molecule is COc1ccc(C(=O)C2C(=O)C(=O)N(c3ccc(OC(F)F)cc3)C2c2ccc(F)cc2)cc1. The molecule has 0 saturated carbocycles. The summed E-state index contributed by atoms with van der Waals surface area (Å²) in [6.07, 6.45) is 0. The third-order valence-electron chi connectivity index (χ3n) is 5.51. The number of Topliss-reactive ketones (excluding diaryl/α,β-unsaturated/α-hetero) is 2. The number of hydrogen-bond donors (Lipinski definition) is 0. The molecule has 0 aliphatic carbocycles. The van der Waals surface area contributed by atoms with Gasteiger partial charge in [-0.2, -0.15) is 8.78 Å². The molecule has 1 fully saturated rings. The van der Waals surface area contributed by atoms with Crippen LogP contribution in [0.3, 0.4) is 0 Å². The zero-order valence-corrected chi connectivity index (χ0v) is 17.8. The summed E-state index contributed by atoms with van der Waals surface area (Å²) < 4.78 is 48.0. The number of anilines is 1. The number of ketones is 2. The zero-order chi connectivity index (χ0) is 24.4. The number of amides is 1. The maximum absolute atomic E-state index is 13.6. The van der Waals surface area contributed by atoms with E-state index >= 15 is 0 Å². The molecule has 1 aliphatic heterocycles. The third kappa shape index (κ3) is 4.36. The fraction of sp³-hybridized carbons (Fsp3) is 0.160. The number of carbonyl (C=O) groups excluding carboxylic acids is 3. The van der Waals surface area contributed by atoms with Gasteiger partial charge in [-0.1, -0.05) is 12.1 Å². The second kappa shape index (κ2) is 9.38. The molecular formula is C25H18F3NO5. The molecule has 0 aromatic heterocycles. The first-order chi connectivity index (χ1) is 16.3. The van der Waals surface area contributed by atoms with E-state index in [9.17, 15) is 27.6 Å². The molecular weight excluding hydrogens is 451 g/mol. The van der Waals surface area contributed by atoms with Crippen LogP contribution in [0.2, 0.25) is 0 Å². The van der Waals surface area contributed by atoms with Crippen LogP contribution in [0, 0.1) is 11.7 Å². The number of carbonyl (C=O) groups is 3. The Morgan fingerprint density at radius 1 is 0.882 bits per heavy atom. The van der Waals surface area contributed by atoms with Gasteiger partial charge in [0.05, 0.1) is 13.2 Å². The smallest absolute Gasteiger partial charge is 0.387 e. The van der Waals surface area contributed by atoms with E-state index in [0.717, 1.165) is 17.0 Å². The second-order valence-corrected chi connectivity index (χ2v) is 7.48. The topological polar surface area (TPSA) is 72.9 Å². The highest BCUT2D eigenvalue weighted by Gasteiger charge is 2.52. The maximum atomic E-state index is 13.6. The van der Waals surface area contributed by atoms with Gasteiger partial charge in [0.1, 0.15) is 23.2 Å². The summed E-state index contributed by atoms with van der Waals surface area (Å²) in [4.78, 5) is 40.6. The van der Waals surface area contributed by atoms with Crippen LogP contribution in [-0.2, 0) is 9.59 Å². The molecule has 1 heterocycles. The predicted octanol–water partition coefficient (Wildman–Crippen LogP) is 4.59. The third-order valence-corrected chi connectivity index (χ3v) is 5.51. The molecule has 174 valence electrons. The molecule has 1 saturated heterocycles. The second-order valence-electron chi connectivity index (χ2n) is 7.48. The summed E-state index contributed by atoms with van der Waals surface area (Å²) in [5.41, 5.74) is 0.751. The number of rotatable bonds is 7. The standard InChI is InChI=1S/C25H18F3NO5/c1-33-18-10-4-15(5-11-18)22(30)20-21(14-2-6-16(26)7-3-14)29(24(32)23(20)31)17-8-12-19(13-9-17)34-25(27)28/h2-13,20-21,25H,1H3. The Hall–Kier alpha value is -4.14. The molecule has 9 heteroatoms. The number of halogens is 3. The molecule has 4 rings (SSSR count). The Bertz CT molecular complexity index is 1210. The zero-order valence-electron chi connectivity index (χ0n) is 17.8. The summed E-state index contributed by atoms with van der Waals surface area (Å²) in [7, 11) is 1.47. The molecule has 1 aliphatic rings. The van der Waals surface area contributed by atoms with Gasteiger partial charge >= 0.3 is 6.61 Å². The lowest BCUT2D eigenvalue weighted by Crippen LogP contribution is -2.30. The largest absolute Gasteiger partial charge is 0.497 e. The molecule has 3 aromatic rings. The van der Waals surface area contributed by atoms with Gasteiger partial charge in [0.2, 0.25) is 5.78 Å². The summed E-state index contributed by atoms with van der Waals surface area (Å²) in [5, 5.41) is 0. The van der Waals surface area contributed by atoms with E-state index in [1.54, 1.807) is 12.1 Å². The quantitative estimate of drug-likeness (QED) is 0.288. The van der Waals surface area contributed by atoms with Crippen LogP contribution in [0.1, 0.15) is 22.0 Å². The Morgan fingerprint density at radius 2 is 1.47 bits per heavy atom. The van der Waals surface area contributed by atoms with Crippen LogP contribution in [0.5, 0.6) is 11.5 Å². The highest BCUT2D eigenvalue weighted by molar-refractivity contribution is 6.49. The number of ether oxygens (including phenoxy) is 2. The van der Waals surface area contributed by atoms with Crippen molar-refractivity contribution in [2.45, 2.75) is 12.7 Å². The molecule has 0 bridgehead atoms. The lowest BCUT2D eigenvalue weighted by molar-refractivity contribution is -0.135. The van der Waals surface area contributed by atoms with Gasteiger partial charge in [-0.25, -0.2) is 4.39 Å². The number of hydrogen-bond acceptors (Lipinski definition) is 5. The van der Waals surface area contributed by atoms with Crippen molar-refractivity contribution in [3.05, 3.63) is 89.7 Å². The fourth-order valence-corrected chi connectivity index (χ4v) is 3.94. The molecule has 2 atom stereocenters. The summed E-state index contributed by atoms with van der Waals surface area (Å²) in [5.74, 6) is -4.02. The van der Waals surface area contributed by atoms with Crippen molar-refractivity contribution < 1.29 is 37.0 Å². The molecule has 2 unspecified atom stereocenters. The van der Waals surface area contributed by atoms with Gasteiger partial charge < -0.3 is 9.47 Å². The summed E-state index contributed by atoms with van der Waals surface area (Å²) in [6.45, 7) is -3.03. The van der Waals surface area contributed by atoms with Gasteiger partial charge in [-0.15, -0.1) is 0 Å². The molecule has 3 aromatic carbocycles. The van der Waals surface area contributed by atoms with Gasteiger partial charge in [-0.3, -0.25) is 19.3 Å². The van der Waals surface area contributed by atoms with Crippen LogP contribution in [0.25, 0.3) is 0 Å². The van der Waals surface area contributed by atoms with Crippen LogP contribution in [-0.4, -0.2) is 31.2 Å². The fourth-order valence-electron chi connectivity index (χ4n) is 3.94. The van der Waals surface area contributed by atoms with Gasteiger partial charge in [0, 0.05) is 11.3 Å². The highest BCUT2D eigenvalue weighted by Crippen LogP contribution is 2.41. The van der Waals surface area contributed by atoms with Crippen molar-refractivity contribution in [2.75, 3.05) is 12.0 Å². The molecule has 34 heavy (non-hydrogen) atoms. The van der Waals surface area contributed by atoms with Crippen molar-refractivity contribution in [1.29, 1.82) is 0 Å². The average molecular weight is 469 g/mol. The van der Waals surface area contributed by atoms with E-state index in [-0.39, 0.29) is 17.0 Å². The first-order valence-electron chi connectivity index (χ1n) is 10.2. The van der Waals surface area contributed by atoms with Crippen molar-refractivity contribution in [3.63, 3.8) is 0 Å². The van der Waals surface area contributed by atoms with E-state index < -0.39 is 41.9 Å². The number of nitrogens with zero attached hydrogens (tertiary/aromatic N) is 1. The Balaban J connectivity index is 1.77. The molecule has 0 radical (unpaired) electrons.